The molecule has 0 aliphatic rings. The van der Waals surface area contributed by atoms with Crippen LogP contribution >= 0.6 is 0 Å². The fraction of sp³-hybridized carbons (Fsp3) is 0.368. The van der Waals surface area contributed by atoms with Gasteiger partial charge in [0.05, 0.1) is 26.5 Å². The van der Waals surface area contributed by atoms with Crippen molar-refractivity contribution >= 4 is 11.6 Å². The maximum atomic E-state index is 5.98. The number of anilines is 1. The number of guanidine groups is 1. The number of methoxy groups -OCH3 is 2. The van der Waals surface area contributed by atoms with E-state index in [4.69, 9.17) is 19.9 Å². The molecule has 2 rings (SSSR count). The summed E-state index contributed by atoms with van der Waals surface area (Å²) in [7, 11) is 3.19. The van der Waals surface area contributed by atoms with Crippen LogP contribution in [0.2, 0.25) is 0 Å². The van der Waals surface area contributed by atoms with Crippen molar-refractivity contribution in [1.29, 1.82) is 0 Å². The number of aliphatic imine (C=N–C) groups is 1. The smallest absolute Gasteiger partial charge is 0.213 e. The number of benzene rings is 1. The molecule has 3 N–H and O–H groups in total. The highest BCUT2D eigenvalue weighted by Gasteiger charge is 2.12. The molecular weight excluding hydrogens is 332 g/mol. The highest BCUT2D eigenvalue weighted by Crippen LogP contribution is 2.28. The molecule has 0 spiro atoms. The van der Waals surface area contributed by atoms with Crippen molar-refractivity contribution in [1.82, 2.24) is 4.98 Å². The number of nitrogens with one attached hydrogen (secondary N) is 1. The first-order valence-electron chi connectivity index (χ1n) is 8.23. The summed E-state index contributed by atoms with van der Waals surface area (Å²) in [5.41, 5.74) is 7.30. The topological polar surface area (TPSA) is 91.0 Å². The minimum Gasteiger partial charge on any atom is -0.497 e. The normalized spacial score (nSPS) is 11.8. The Bertz CT molecular complexity index is 752. The van der Waals surface area contributed by atoms with Crippen LogP contribution in [0.1, 0.15) is 26.3 Å². The van der Waals surface area contributed by atoms with Gasteiger partial charge in [-0.1, -0.05) is 6.07 Å². The summed E-state index contributed by atoms with van der Waals surface area (Å²) < 4.78 is 16.2. The predicted octanol–water partition coefficient (Wildman–Crippen LogP) is 3.20. The molecule has 140 valence electrons. The average molecular weight is 358 g/mol. The summed E-state index contributed by atoms with van der Waals surface area (Å²) in [6.07, 6.45) is 1.73. The minimum absolute atomic E-state index is 0.270. The van der Waals surface area contributed by atoms with E-state index in [0.717, 1.165) is 5.56 Å². The maximum absolute atomic E-state index is 5.98. The zero-order chi connectivity index (χ0) is 19.2. The van der Waals surface area contributed by atoms with Gasteiger partial charge in [0.25, 0.3) is 0 Å². The van der Waals surface area contributed by atoms with E-state index in [1.54, 1.807) is 32.5 Å². The second kappa shape index (κ2) is 8.42. The lowest BCUT2D eigenvalue weighted by Gasteiger charge is -2.20. The Hall–Kier alpha value is -2.96. The number of nitrogens with two attached hydrogens (primary N) is 1. The summed E-state index contributed by atoms with van der Waals surface area (Å²) in [5, 5.41) is 3.03. The zero-order valence-corrected chi connectivity index (χ0v) is 15.9. The highest BCUT2D eigenvalue weighted by atomic mass is 16.5. The van der Waals surface area contributed by atoms with E-state index in [2.05, 4.69) is 15.3 Å². The monoisotopic (exact) mass is 358 g/mol. The lowest BCUT2D eigenvalue weighted by Crippen LogP contribution is -2.23. The SMILES string of the molecule is COc1ccc(OC)c(NC(N)=NCc2ccc(OC(C)(C)C)nc2)c1. The van der Waals surface area contributed by atoms with Crippen LogP contribution in [0.4, 0.5) is 5.69 Å². The maximum Gasteiger partial charge on any atom is 0.213 e. The molecule has 0 saturated carbocycles. The molecule has 0 amide bonds. The van der Waals surface area contributed by atoms with Crippen molar-refractivity contribution in [2.75, 3.05) is 19.5 Å². The Balaban J connectivity index is 2.02. The second-order valence-electron chi connectivity index (χ2n) is 6.61. The van der Waals surface area contributed by atoms with Gasteiger partial charge in [-0.15, -0.1) is 0 Å². The molecule has 1 aromatic heterocycles. The third kappa shape index (κ3) is 5.84. The number of aromatic nitrogens is 1. The number of ether oxygens (including phenoxy) is 3. The van der Waals surface area contributed by atoms with Crippen LogP contribution in [0.5, 0.6) is 17.4 Å². The van der Waals surface area contributed by atoms with E-state index in [9.17, 15) is 0 Å². The molecule has 0 radical (unpaired) electrons. The number of rotatable bonds is 6. The summed E-state index contributed by atoms with van der Waals surface area (Å²) in [6.45, 7) is 6.33. The fourth-order valence-corrected chi connectivity index (χ4v) is 2.14. The molecule has 0 saturated heterocycles. The Morgan fingerprint density at radius 2 is 1.92 bits per heavy atom. The lowest BCUT2D eigenvalue weighted by atomic mass is 10.2. The Morgan fingerprint density at radius 1 is 1.15 bits per heavy atom. The predicted molar refractivity (Wildman–Crippen MR) is 103 cm³/mol. The van der Waals surface area contributed by atoms with Crippen molar-refractivity contribution in [3.63, 3.8) is 0 Å². The van der Waals surface area contributed by atoms with Gasteiger partial charge in [0, 0.05) is 18.3 Å². The molecule has 1 heterocycles. The van der Waals surface area contributed by atoms with Crippen LogP contribution in [0, 0.1) is 0 Å². The van der Waals surface area contributed by atoms with Crippen LogP contribution < -0.4 is 25.3 Å². The van der Waals surface area contributed by atoms with Gasteiger partial charge in [-0.05, 0) is 38.5 Å². The first-order chi connectivity index (χ1) is 12.3. The summed E-state index contributed by atoms with van der Waals surface area (Å²) >= 11 is 0. The van der Waals surface area contributed by atoms with Gasteiger partial charge in [0.2, 0.25) is 5.88 Å². The molecule has 2 aromatic rings. The van der Waals surface area contributed by atoms with Gasteiger partial charge >= 0.3 is 0 Å². The van der Waals surface area contributed by atoms with E-state index < -0.39 is 0 Å². The van der Waals surface area contributed by atoms with E-state index in [1.165, 1.54) is 0 Å². The summed E-state index contributed by atoms with van der Waals surface area (Å²) in [4.78, 5) is 8.62. The molecular formula is C19H26N4O3. The van der Waals surface area contributed by atoms with Gasteiger partial charge in [-0.25, -0.2) is 9.98 Å². The van der Waals surface area contributed by atoms with Gasteiger partial charge in [0.15, 0.2) is 5.96 Å². The molecule has 7 nitrogen and oxygen atoms in total. The molecule has 0 fully saturated rings. The Labute approximate surface area is 154 Å². The van der Waals surface area contributed by atoms with Gasteiger partial charge < -0.3 is 25.3 Å². The van der Waals surface area contributed by atoms with Gasteiger partial charge in [-0.3, -0.25) is 0 Å². The molecule has 0 bridgehead atoms. The molecule has 1 aromatic carbocycles. The van der Waals surface area contributed by atoms with E-state index in [1.807, 2.05) is 39.0 Å². The van der Waals surface area contributed by atoms with E-state index >= 15 is 0 Å². The van der Waals surface area contributed by atoms with Crippen LogP contribution in [0.3, 0.4) is 0 Å². The van der Waals surface area contributed by atoms with Gasteiger partial charge in [-0.2, -0.15) is 0 Å². The molecule has 0 aliphatic carbocycles. The Morgan fingerprint density at radius 3 is 2.50 bits per heavy atom. The van der Waals surface area contributed by atoms with Crippen LogP contribution in [-0.4, -0.2) is 30.8 Å². The second-order valence-corrected chi connectivity index (χ2v) is 6.61. The highest BCUT2D eigenvalue weighted by molar-refractivity contribution is 5.94. The van der Waals surface area contributed by atoms with Crippen LogP contribution in [-0.2, 0) is 6.54 Å². The van der Waals surface area contributed by atoms with Crippen molar-refractivity contribution in [2.24, 2.45) is 10.7 Å². The third-order valence-electron chi connectivity index (χ3n) is 3.31. The first kappa shape index (κ1) is 19.4. The van der Waals surface area contributed by atoms with Crippen molar-refractivity contribution in [3.05, 3.63) is 42.1 Å². The summed E-state index contributed by atoms with van der Waals surface area (Å²) in [5.74, 6) is 2.19. The number of nitrogens with zero attached hydrogens (tertiary/aromatic N) is 2. The first-order valence-corrected chi connectivity index (χ1v) is 8.23. The van der Waals surface area contributed by atoms with Crippen LogP contribution in [0.15, 0.2) is 41.5 Å². The minimum atomic E-state index is -0.281. The number of hydrogen-bond acceptors (Lipinski definition) is 5. The van der Waals surface area contributed by atoms with E-state index in [0.29, 0.717) is 29.6 Å². The standard InChI is InChI=1S/C19H26N4O3/c1-19(2,3)26-17-9-6-13(11-21-17)12-22-18(20)23-15-10-14(24-4)7-8-16(15)25-5/h6-11H,12H2,1-5H3,(H3,20,22,23). The molecule has 0 unspecified atom stereocenters. The van der Waals surface area contributed by atoms with Crippen LogP contribution in [0.25, 0.3) is 0 Å². The quantitative estimate of drug-likeness (QED) is 0.609. The largest absolute Gasteiger partial charge is 0.497 e. The third-order valence-corrected chi connectivity index (χ3v) is 3.31. The van der Waals surface area contributed by atoms with Crippen molar-refractivity contribution in [3.8, 4) is 17.4 Å². The Kier molecular flexibility index (Phi) is 6.27. The fourth-order valence-electron chi connectivity index (χ4n) is 2.14. The lowest BCUT2D eigenvalue weighted by molar-refractivity contribution is 0.124. The number of hydrogen-bond donors (Lipinski definition) is 2. The summed E-state index contributed by atoms with van der Waals surface area (Å²) in [6, 6.07) is 9.14. The average Bonchev–Trinajstić information content (AvgIpc) is 2.59. The zero-order valence-electron chi connectivity index (χ0n) is 15.9. The molecule has 26 heavy (non-hydrogen) atoms. The number of pyridine rings is 1. The molecule has 7 heteroatoms. The molecule has 0 aliphatic heterocycles. The van der Waals surface area contributed by atoms with Crippen molar-refractivity contribution < 1.29 is 14.2 Å². The van der Waals surface area contributed by atoms with E-state index in [-0.39, 0.29) is 11.6 Å². The molecule has 0 atom stereocenters. The van der Waals surface area contributed by atoms with Crippen molar-refractivity contribution in [2.45, 2.75) is 32.9 Å². The van der Waals surface area contributed by atoms with Gasteiger partial charge in [0.1, 0.15) is 17.1 Å².